The summed E-state index contributed by atoms with van der Waals surface area (Å²) in [5.74, 6) is 2.40. The predicted octanol–water partition coefficient (Wildman–Crippen LogP) is 4.84. The van der Waals surface area contributed by atoms with Gasteiger partial charge in [-0.2, -0.15) is 4.99 Å². The number of fused-ring (bicyclic) bond motifs is 4. The first-order chi connectivity index (χ1) is 13.7. The van der Waals surface area contributed by atoms with Crippen LogP contribution in [0.25, 0.3) is 31.2 Å². The molecule has 28 heavy (non-hydrogen) atoms. The smallest absolute Gasteiger partial charge is 0.279 e. The highest BCUT2D eigenvalue weighted by Gasteiger charge is 2.12. The molecule has 3 aromatic carbocycles. The maximum Gasteiger partial charge on any atom is 0.279 e. The fourth-order valence-electron chi connectivity index (χ4n) is 3.27. The maximum absolute atomic E-state index is 12.8. The van der Waals surface area contributed by atoms with Crippen LogP contribution in [-0.2, 0) is 6.54 Å². The van der Waals surface area contributed by atoms with Crippen molar-refractivity contribution >= 4 is 59.8 Å². The Morgan fingerprint density at radius 3 is 2.96 bits per heavy atom. The first-order valence-electron chi connectivity index (χ1n) is 8.61. The van der Waals surface area contributed by atoms with Crippen LogP contribution >= 0.6 is 22.7 Å². The molecule has 0 saturated carbocycles. The van der Waals surface area contributed by atoms with Crippen molar-refractivity contribution in [2.45, 2.75) is 6.54 Å². The monoisotopic (exact) mass is 399 g/mol. The number of thiazole rings is 2. The van der Waals surface area contributed by atoms with E-state index in [9.17, 15) is 4.79 Å². The van der Waals surface area contributed by atoms with Crippen molar-refractivity contribution in [1.82, 2.24) is 9.55 Å². The molecule has 0 atom stereocenters. The molecule has 4 nitrogen and oxygen atoms in total. The molecule has 134 valence electrons. The molecule has 0 spiro atoms. The van der Waals surface area contributed by atoms with Gasteiger partial charge in [-0.25, -0.2) is 4.98 Å². The summed E-state index contributed by atoms with van der Waals surface area (Å²) in [5, 5.41) is 2.29. The van der Waals surface area contributed by atoms with Gasteiger partial charge in [-0.15, -0.1) is 17.8 Å². The Kier molecular flexibility index (Phi) is 4.05. The van der Waals surface area contributed by atoms with E-state index in [-0.39, 0.29) is 5.91 Å². The van der Waals surface area contributed by atoms with Crippen LogP contribution in [0.4, 0.5) is 0 Å². The predicted molar refractivity (Wildman–Crippen MR) is 116 cm³/mol. The van der Waals surface area contributed by atoms with E-state index >= 15 is 0 Å². The molecule has 1 amide bonds. The minimum absolute atomic E-state index is 0.281. The van der Waals surface area contributed by atoms with Crippen LogP contribution in [0, 0.1) is 12.3 Å². The van der Waals surface area contributed by atoms with Gasteiger partial charge in [0.1, 0.15) is 0 Å². The molecule has 0 bridgehead atoms. The Bertz CT molecular complexity index is 1480. The second kappa shape index (κ2) is 6.71. The summed E-state index contributed by atoms with van der Waals surface area (Å²) in [6.45, 7) is 0.359. The molecular weight excluding hydrogens is 386 g/mol. The molecule has 5 aromatic rings. The lowest BCUT2D eigenvalue weighted by Crippen LogP contribution is -2.16. The minimum Gasteiger partial charge on any atom is -0.305 e. The van der Waals surface area contributed by atoms with Gasteiger partial charge in [0.15, 0.2) is 4.80 Å². The van der Waals surface area contributed by atoms with Gasteiger partial charge in [-0.3, -0.25) is 4.79 Å². The third kappa shape index (κ3) is 2.73. The number of nitrogens with zero attached hydrogens (tertiary/aromatic N) is 3. The lowest BCUT2D eigenvalue weighted by atomic mass is 10.1. The maximum atomic E-state index is 12.8. The molecule has 5 rings (SSSR count). The first kappa shape index (κ1) is 16.9. The number of benzene rings is 3. The summed E-state index contributed by atoms with van der Waals surface area (Å²) < 4.78 is 3.98. The average molecular weight is 400 g/mol. The fourth-order valence-corrected chi connectivity index (χ4v) is 5.15. The molecule has 0 fully saturated rings. The Morgan fingerprint density at radius 2 is 2.07 bits per heavy atom. The molecule has 0 radical (unpaired) electrons. The molecule has 0 aliphatic carbocycles. The SMILES string of the molecule is C#CCn1c(=NC(=O)c2ccc3ncsc3c2)sc2c3ccccc3ccc21. The number of aromatic nitrogens is 2. The molecule has 0 saturated heterocycles. The standard InChI is InChI=1S/C22H13N3OS2/c1-2-11-25-18-10-8-14-5-3-4-6-16(14)20(18)28-22(25)24-21(26)15-7-9-17-19(12-15)27-13-23-17/h1,3-10,12-13H,11H2. The third-order valence-corrected chi connectivity index (χ3v) is 6.52. The van der Waals surface area contributed by atoms with Gasteiger partial charge in [-0.05, 0) is 29.7 Å². The van der Waals surface area contributed by atoms with Gasteiger partial charge in [0.2, 0.25) is 0 Å². The van der Waals surface area contributed by atoms with Crippen LogP contribution in [0.15, 0.2) is 65.1 Å². The van der Waals surface area contributed by atoms with Crippen molar-refractivity contribution in [2.75, 3.05) is 0 Å². The van der Waals surface area contributed by atoms with Crippen LogP contribution in [0.5, 0.6) is 0 Å². The first-order valence-corrected chi connectivity index (χ1v) is 10.3. The van der Waals surface area contributed by atoms with E-state index in [1.165, 1.54) is 22.7 Å². The fraction of sp³-hybridized carbons (Fsp3) is 0.0455. The Balaban J connectivity index is 1.72. The topological polar surface area (TPSA) is 47.2 Å². The average Bonchev–Trinajstić information content (AvgIpc) is 3.32. The summed E-state index contributed by atoms with van der Waals surface area (Å²) in [5.41, 5.74) is 4.20. The Labute approximate surface area is 168 Å². The van der Waals surface area contributed by atoms with E-state index in [2.05, 4.69) is 34.1 Å². The van der Waals surface area contributed by atoms with E-state index < -0.39 is 0 Å². The van der Waals surface area contributed by atoms with Crippen LogP contribution in [0.2, 0.25) is 0 Å². The van der Waals surface area contributed by atoms with Gasteiger partial charge in [0, 0.05) is 10.9 Å². The zero-order valence-corrected chi connectivity index (χ0v) is 16.3. The summed E-state index contributed by atoms with van der Waals surface area (Å²) >= 11 is 3.00. The van der Waals surface area contributed by atoms with Crippen molar-refractivity contribution in [3.05, 3.63) is 70.5 Å². The molecule has 0 aliphatic rings. The van der Waals surface area contributed by atoms with E-state index in [4.69, 9.17) is 6.42 Å². The van der Waals surface area contributed by atoms with Crippen LogP contribution in [0.3, 0.4) is 0 Å². The molecule has 0 N–H and O–H groups in total. The summed E-state index contributed by atoms with van der Waals surface area (Å²) in [7, 11) is 0. The van der Waals surface area contributed by atoms with Crippen LogP contribution in [-0.4, -0.2) is 15.5 Å². The zero-order chi connectivity index (χ0) is 19.1. The number of rotatable bonds is 2. The lowest BCUT2D eigenvalue weighted by Gasteiger charge is -2.02. The van der Waals surface area contributed by atoms with Crippen molar-refractivity contribution in [3.63, 3.8) is 0 Å². The highest BCUT2D eigenvalue weighted by atomic mass is 32.1. The van der Waals surface area contributed by atoms with Crippen molar-refractivity contribution in [1.29, 1.82) is 0 Å². The number of hydrogen-bond donors (Lipinski definition) is 0. The van der Waals surface area contributed by atoms with Crippen molar-refractivity contribution in [3.8, 4) is 12.3 Å². The third-order valence-electron chi connectivity index (χ3n) is 4.60. The lowest BCUT2D eigenvalue weighted by molar-refractivity contribution is 0.0998. The second-order valence-corrected chi connectivity index (χ2v) is 8.13. The number of carbonyl (C=O) groups excluding carboxylic acids is 1. The highest BCUT2D eigenvalue weighted by molar-refractivity contribution is 7.17. The largest absolute Gasteiger partial charge is 0.305 e. The molecular formula is C22H13N3OS2. The number of carbonyl (C=O) groups is 1. The van der Waals surface area contributed by atoms with Crippen molar-refractivity contribution in [2.24, 2.45) is 4.99 Å². The van der Waals surface area contributed by atoms with E-state index in [1.54, 1.807) is 11.6 Å². The molecule has 2 aromatic heterocycles. The summed E-state index contributed by atoms with van der Waals surface area (Å²) in [6, 6.07) is 17.8. The molecule has 0 unspecified atom stereocenters. The van der Waals surface area contributed by atoms with Crippen molar-refractivity contribution < 1.29 is 4.79 Å². The normalized spacial score (nSPS) is 12.0. The van der Waals surface area contributed by atoms with Gasteiger partial charge in [-0.1, -0.05) is 47.6 Å². The quantitative estimate of drug-likeness (QED) is 0.399. The van der Waals surface area contributed by atoms with Gasteiger partial charge >= 0.3 is 0 Å². The van der Waals surface area contributed by atoms with Gasteiger partial charge in [0.05, 0.1) is 32.5 Å². The molecule has 6 heteroatoms. The molecule has 0 aliphatic heterocycles. The van der Waals surface area contributed by atoms with Crippen LogP contribution in [0.1, 0.15) is 10.4 Å². The van der Waals surface area contributed by atoms with Gasteiger partial charge < -0.3 is 4.57 Å². The summed E-state index contributed by atoms with van der Waals surface area (Å²) in [6.07, 6.45) is 5.59. The van der Waals surface area contributed by atoms with E-state index in [0.717, 1.165) is 31.2 Å². The molecule has 2 heterocycles. The highest BCUT2D eigenvalue weighted by Crippen LogP contribution is 2.27. The Hall–Kier alpha value is -3.27. The Morgan fingerprint density at radius 1 is 1.18 bits per heavy atom. The minimum atomic E-state index is -0.281. The number of amides is 1. The zero-order valence-electron chi connectivity index (χ0n) is 14.6. The van der Waals surface area contributed by atoms with E-state index in [0.29, 0.717) is 16.9 Å². The van der Waals surface area contributed by atoms with Crippen LogP contribution < -0.4 is 4.80 Å². The van der Waals surface area contributed by atoms with E-state index in [1.807, 2.05) is 34.9 Å². The summed E-state index contributed by atoms with van der Waals surface area (Å²) in [4.78, 5) is 22.1. The van der Waals surface area contributed by atoms with Gasteiger partial charge in [0.25, 0.3) is 5.91 Å². The number of hydrogen-bond acceptors (Lipinski definition) is 4. The number of terminal acetylenes is 1. The second-order valence-electron chi connectivity index (χ2n) is 6.26.